The summed E-state index contributed by atoms with van der Waals surface area (Å²) in [4.78, 5) is 0. The summed E-state index contributed by atoms with van der Waals surface area (Å²) in [5.74, 6) is 0. The van der Waals surface area contributed by atoms with Crippen molar-refractivity contribution in [1.82, 2.24) is 0 Å². The second kappa shape index (κ2) is 14.7. The molecule has 0 N–H and O–H groups in total. The van der Waals surface area contributed by atoms with Crippen LogP contribution in [0.15, 0.2) is 91.0 Å². The molecule has 3 aromatic carbocycles. The Balaban J connectivity index is 0. The Morgan fingerprint density at radius 3 is 1.16 bits per heavy atom. The number of rotatable bonds is 0. The van der Waals surface area contributed by atoms with Gasteiger partial charge in [-0.3, -0.25) is 0 Å². The predicted octanol–water partition coefficient (Wildman–Crippen LogP) is 5.13. The van der Waals surface area contributed by atoms with Crippen molar-refractivity contribution in [3.05, 3.63) is 111 Å². The third kappa shape index (κ3) is 12.9. The van der Waals surface area contributed by atoms with Crippen molar-refractivity contribution in [3.63, 3.8) is 0 Å². The molecular formula is C18H20Zr. The molecule has 0 saturated heterocycles. The zero-order valence-electron chi connectivity index (χ0n) is 11.4. The third-order valence-corrected chi connectivity index (χ3v) is 1.95. The van der Waals surface area contributed by atoms with Crippen molar-refractivity contribution >= 4 is 0 Å². The van der Waals surface area contributed by atoms with E-state index in [0.717, 1.165) is 5.56 Å². The quantitative estimate of drug-likeness (QED) is 0.502. The summed E-state index contributed by atoms with van der Waals surface area (Å²) in [6.07, 6.45) is 0. The molecule has 0 saturated carbocycles. The molecule has 96 valence electrons. The van der Waals surface area contributed by atoms with Gasteiger partial charge in [0.15, 0.2) is 0 Å². The fraction of sp³-hybridized carbons (Fsp3) is 0. The molecule has 1 heteroatoms. The van der Waals surface area contributed by atoms with Crippen LogP contribution in [0.3, 0.4) is 0 Å². The SMILES string of the molecule is [CH2-]c1ccccc1.[CH3-].[Zr+4].c1cc[cH-]c1.c1cc[cH-]c1. The Labute approximate surface area is 137 Å². The van der Waals surface area contributed by atoms with Gasteiger partial charge in [-0.05, 0) is 0 Å². The van der Waals surface area contributed by atoms with Gasteiger partial charge in [-0.15, -0.1) is 12.1 Å². The van der Waals surface area contributed by atoms with Crippen molar-refractivity contribution in [1.29, 1.82) is 0 Å². The van der Waals surface area contributed by atoms with Crippen LogP contribution in [-0.4, -0.2) is 0 Å². The number of benzene rings is 1. The van der Waals surface area contributed by atoms with Gasteiger partial charge in [0, 0.05) is 0 Å². The minimum Gasteiger partial charge on any atom is -0.358 e. The van der Waals surface area contributed by atoms with E-state index in [1.807, 2.05) is 91.0 Å². The van der Waals surface area contributed by atoms with Crippen molar-refractivity contribution in [2.45, 2.75) is 0 Å². The largest absolute Gasteiger partial charge is 4.00 e. The van der Waals surface area contributed by atoms with Gasteiger partial charge >= 0.3 is 26.2 Å². The summed E-state index contributed by atoms with van der Waals surface area (Å²) < 4.78 is 0. The molecular weight excluding hydrogens is 307 g/mol. The number of hydrogen-bond donors (Lipinski definition) is 0. The average Bonchev–Trinajstić information content (AvgIpc) is 3.09. The minimum atomic E-state index is 0. The molecule has 0 fully saturated rings. The smallest absolute Gasteiger partial charge is 0.358 e. The summed E-state index contributed by atoms with van der Waals surface area (Å²) >= 11 is 0. The van der Waals surface area contributed by atoms with Crippen LogP contribution in [0.25, 0.3) is 0 Å². The van der Waals surface area contributed by atoms with Gasteiger partial charge in [-0.1, -0.05) is 6.07 Å². The Morgan fingerprint density at radius 2 is 1.00 bits per heavy atom. The van der Waals surface area contributed by atoms with E-state index in [4.69, 9.17) is 0 Å². The summed E-state index contributed by atoms with van der Waals surface area (Å²) in [6.45, 7) is 3.72. The van der Waals surface area contributed by atoms with Gasteiger partial charge < -0.3 is 7.43 Å². The molecule has 0 amide bonds. The Bertz CT molecular complexity index is 363. The van der Waals surface area contributed by atoms with Gasteiger partial charge in [0.1, 0.15) is 0 Å². The monoisotopic (exact) mass is 326 g/mol. The molecule has 0 nitrogen and oxygen atoms in total. The van der Waals surface area contributed by atoms with E-state index >= 15 is 0 Å². The first-order valence-corrected chi connectivity index (χ1v) is 5.60. The molecule has 0 aromatic heterocycles. The van der Waals surface area contributed by atoms with Gasteiger partial charge in [0.05, 0.1) is 0 Å². The predicted molar refractivity (Wildman–Crippen MR) is 81.4 cm³/mol. The molecule has 0 aliphatic rings. The van der Waals surface area contributed by atoms with E-state index in [1.54, 1.807) is 0 Å². The van der Waals surface area contributed by atoms with E-state index in [9.17, 15) is 0 Å². The van der Waals surface area contributed by atoms with E-state index in [2.05, 4.69) is 6.92 Å². The van der Waals surface area contributed by atoms with Gasteiger partial charge in [-0.2, -0.15) is 61.0 Å². The topological polar surface area (TPSA) is 0 Å². The summed E-state index contributed by atoms with van der Waals surface area (Å²) in [7, 11) is 0. The molecule has 19 heavy (non-hydrogen) atoms. The minimum absolute atomic E-state index is 0. The normalized spacial score (nSPS) is 7.37. The first-order valence-electron chi connectivity index (χ1n) is 5.60. The van der Waals surface area contributed by atoms with Crippen LogP contribution < -0.4 is 0 Å². The van der Waals surface area contributed by atoms with Crippen molar-refractivity contribution in [3.8, 4) is 0 Å². The Hall–Kier alpha value is -1.33. The molecule has 0 aliphatic heterocycles. The summed E-state index contributed by atoms with van der Waals surface area (Å²) in [6, 6.07) is 29.9. The molecule has 0 unspecified atom stereocenters. The molecule has 0 bridgehead atoms. The second-order valence-electron chi connectivity index (χ2n) is 3.41. The number of hydrogen-bond acceptors (Lipinski definition) is 0. The van der Waals surface area contributed by atoms with Crippen LogP contribution in [0.4, 0.5) is 0 Å². The third-order valence-electron chi connectivity index (χ3n) is 1.95. The van der Waals surface area contributed by atoms with E-state index in [1.165, 1.54) is 0 Å². The van der Waals surface area contributed by atoms with Crippen LogP contribution >= 0.6 is 0 Å². The zero-order chi connectivity index (χ0) is 12.2. The van der Waals surface area contributed by atoms with Crippen molar-refractivity contribution < 1.29 is 26.2 Å². The Morgan fingerprint density at radius 1 is 0.632 bits per heavy atom. The maximum Gasteiger partial charge on any atom is 4.00 e. The fourth-order valence-corrected chi connectivity index (χ4v) is 1.12. The summed E-state index contributed by atoms with van der Waals surface area (Å²) in [5.41, 5.74) is 1.07. The van der Waals surface area contributed by atoms with Gasteiger partial charge in [0.2, 0.25) is 0 Å². The molecule has 0 radical (unpaired) electrons. The van der Waals surface area contributed by atoms with Crippen molar-refractivity contribution in [2.75, 3.05) is 0 Å². The Kier molecular flexibility index (Phi) is 15.5. The molecule has 0 atom stereocenters. The zero-order valence-corrected chi connectivity index (χ0v) is 13.8. The second-order valence-corrected chi connectivity index (χ2v) is 3.41. The fourth-order valence-electron chi connectivity index (χ4n) is 1.12. The van der Waals surface area contributed by atoms with Gasteiger partial charge in [0.25, 0.3) is 0 Å². The maximum atomic E-state index is 3.72. The maximum absolute atomic E-state index is 3.72. The van der Waals surface area contributed by atoms with E-state index in [-0.39, 0.29) is 33.6 Å². The van der Waals surface area contributed by atoms with Crippen LogP contribution in [0.5, 0.6) is 0 Å². The molecule has 3 rings (SSSR count). The van der Waals surface area contributed by atoms with Crippen LogP contribution in [0.2, 0.25) is 0 Å². The van der Waals surface area contributed by atoms with Gasteiger partial charge in [-0.25, -0.2) is 24.3 Å². The average molecular weight is 328 g/mol. The standard InChI is InChI=1S/C7H7.2C5H5.CH3.Zr/c1-7-5-3-2-4-6-7;2*1-2-4-5-3-1;;/h2-6H,1H2;2*1-5H;1H3;/q4*-1;+4. The molecule has 3 aromatic rings. The van der Waals surface area contributed by atoms with Crippen LogP contribution in [0.1, 0.15) is 5.56 Å². The van der Waals surface area contributed by atoms with Crippen LogP contribution in [0, 0.1) is 14.4 Å². The first kappa shape index (κ1) is 20.0. The first-order chi connectivity index (χ1) is 8.39. The van der Waals surface area contributed by atoms with Crippen LogP contribution in [-0.2, 0) is 26.2 Å². The van der Waals surface area contributed by atoms with E-state index in [0.29, 0.717) is 0 Å². The van der Waals surface area contributed by atoms with E-state index < -0.39 is 0 Å². The molecule has 0 spiro atoms. The molecule has 0 aliphatic carbocycles. The summed E-state index contributed by atoms with van der Waals surface area (Å²) in [5, 5.41) is 0. The molecule has 0 heterocycles. The van der Waals surface area contributed by atoms with Crippen molar-refractivity contribution in [2.24, 2.45) is 0 Å².